The van der Waals surface area contributed by atoms with Gasteiger partial charge in [-0.15, -0.1) is 35.3 Å². The first-order valence-electron chi connectivity index (χ1n) is 7.83. The van der Waals surface area contributed by atoms with Crippen molar-refractivity contribution in [1.29, 1.82) is 0 Å². The van der Waals surface area contributed by atoms with Gasteiger partial charge in [0.2, 0.25) is 0 Å². The lowest BCUT2D eigenvalue weighted by molar-refractivity contribution is 0.0168. The van der Waals surface area contributed by atoms with Gasteiger partial charge in [0, 0.05) is 37.9 Å². The number of guanidine groups is 1. The highest BCUT2D eigenvalue weighted by Crippen LogP contribution is 2.12. The zero-order valence-electron chi connectivity index (χ0n) is 13.8. The highest BCUT2D eigenvalue weighted by molar-refractivity contribution is 14.0. The Morgan fingerprint density at radius 2 is 2.39 bits per heavy atom. The van der Waals surface area contributed by atoms with Crippen LogP contribution in [0, 0.1) is 6.92 Å². The van der Waals surface area contributed by atoms with Crippen LogP contribution in [-0.4, -0.2) is 50.5 Å². The molecular weight excluding hydrogens is 427 g/mol. The van der Waals surface area contributed by atoms with Gasteiger partial charge in [0.1, 0.15) is 0 Å². The molecule has 8 heteroatoms. The highest BCUT2D eigenvalue weighted by Gasteiger charge is 2.14. The second kappa shape index (κ2) is 12.0. The third kappa shape index (κ3) is 8.27. The first-order chi connectivity index (χ1) is 10.8. The molecular formula is C15H27IN4O2S. The molecule has 6 nitrogen and oxygen atoms in total. The predicted molar refractivity (Wildman–Crippen MR) is 105 cm³/mol. The van der Waals surface area contributed by atoms with Crippen LogP contribution in [0.5, 0.6) is 0 Å². The number of aryl methyl sites for hydroxylation is 1. The van der Waals surface area contributed by atoms with Crippen molar-refractivity contribution in [1.82, 2.24) is 15.6 Å². The summed E-state index contributed by atoms with van der Waals surface area (Å²) in [6.45, 7) is 5.96. The molecule has 132 valence electrons. The zero-order chi connectivity index (χ0) is 15.6. The molecule has 0 bridgehead atoms. The Morgan fingerprint density at radius 1 is 1.52 bits per heavy atom. The first kappa shape index (κ1) is 20.6. The summed E-state index contributed by atoms with van der Waals surface area (Å²) in [6, 6.07) is 0. The van der Waals surface area contributed by atoms with Gasteiger partial charge >= 0.3 is 0 Å². The molecule has 0 radical (unpaired) electrons. The largest absolute Gasteiger partial charge is 0.379 e. The molecule has 2 heterocycles. The van der Waals surface area contributed by atoms with Crippen LogP contribution < -0.4 is 10.6 Å². The number of thiazole rings is 1. The van der Waals surface area contributed by atoms with Crippen LogP contribution >= 0.6 is 35.3 Å². The van der Waals surface area contributed by atoms with Gasteiger partial charge in [0.25, 0.3) is 0 Å². The van der Waals surface area contributed by atoms with E-state index in [4.69, 9.17) is 9.47 Å². The van der Waals surface area contributed by atoms with Crippen LogP contribution in [0.15, 0.2) is 11.2 Å². The van der Waals surface area contributed by atoms with Crippen LogP contribution in [0.2, 0.25) is 0 Å². The van der Waals surface area contributed by atoms with Crippen molar-refractivity contribution in [2.75, 3.05) is 33.4 Å². The summed E-state index contributed by atoms with van der Waals surface area (Å²) in [5.41, 5.74) is 0. The SMILES string of the molecule is CN=C(NCCCOCC1CCCO1)NCc1cnc(C)s1.I. The van der Waals surface area contributed by atoms with Crippen LogP contribution in [0.1, 0.15) is 29.1 Å². The van der Waals surface area contributed by atoms with E-state index >= 15 is 0 Å². The fraction of sp³-hybridized carbons (Fsp3) is 0.733. The number of hydrogen-bond donors (Lipinski definition) is 2. The van der Waals surface area contributed by atoms with E-state index in [0.29, 0.717) is 6.10 Å². The number of rotatable bonds is 8. The predicted octanol–water partition coefficient (Wildman–Crippen LogP) is 2.32. The number of ether oxygens (including phenoxy) is 2. The van der Waals surface area contributed by atoms with Crippen molar-refractivity contribution >= 4 is 41.3 Å². The number of nitrogens with one attached hydrogen (secondary N) is 2. The van der Waals surface area contributed by atoms with Crippen molar-refractivity contribution in [2.24, 2.45) is 4.99 Å². The maximum Gasteiger partial charge on any atom is 0.191 e. The summed E-state index contributed by atoms with van der Waals surface area (Å²) < 4.78 is 11.2. The fourth-order valence-corrected chi connectivity index (χ4v) is 2.98. The molecule has 0 aromatic carbocycles. The lowest BCUT2D eigenvalue weighted by Crippen LogP contribution is -2.37. The summed E-state index contributed by atoms with van der Waals surface area (Å²) in [4.78, 5) is 9.66. The smallest absolute Gasteiger partial charge is 0.191 e. The second-order valence-corrected chi connectivity index (χ2v) is 6.58. The Bertz CT molecular complexity index is 464. The van der Waals surface area contributed by atoms with Gasteiger partial charge < -0.3 is 20.1 Å². The van der Waals surface area contributed by atoms with Crippen molar-refractivity contribution < 1.29 is 9.47 Å². The van der Waals surface area contributed by atoms with Gasteiger partial charge in [0.05, 0.1) is 24.3 Å². The molecule has 2 N–H and O–H groups in total. The molecule has 0 saturated carbocycles. The average molecular weight is 454 g/mol. The van der Waals surface area contributed by atoms with E-state index in [1.807, 2.05) is 13.1 Å². The van der Waals surface area contributed by atoms with Crippen LogP contribution in [-0.2, 0) is 16.0 Å². The quantitative estimate of drug-likeness (QED) is 0.273. The molecule has 1 unspecified atom stereocenters. The second-order valence-electron chi connectivity index (χ2n) is 5.26. The minimum Gasteiger partial charge on any atom is -0.379 e. The lowest BCUT2D eigenvalue weighted by atomic mass is 10.2. The van der Waals surface area contributed by atoms with Gasteiger partial charge in [-0.3, -0.25) is 4.99 Å². The molecule has 1 fully saturated rings. The van der Waals surface area contributed by atoms with Crippen LogP contribution in [0.25, 0.3) is 0 Å². The monoisotopic (exact) mass is 454 g/mol. The average Bonchev–Trinajstić information content (AvgIpc) is 3.17. The molecule has 0 amide bonds. The number of nitrogens with zero attached hydrogens (tertiary/aromatic N) is 2. The van der Waals surface area contributed by atoms with Gasteiger partial charge in [0.15, 0.2) is 5.96 Å². The number of aliphatic imine (C=N–C) groups is 1. The molecule has 2 rings (SSSR count). The third-order valence-electron chi connectivity index (χ3n) is 3.41. The number of aromatic nitrogens is 1. The molecule has 1 aliphatic heterocycles. The molecule has 1 saturated heterocycles. The minimum atomic E-state index is 0. The molecule has 0 spiro atoms. The number of halogens is 1. The fourth-order valence-electron chi connectivity index (χ4n) is 2.25. The molecule has 0 aliphatic carbocycles. The van der Waals surface area contributed by atoms with Crippen molar-refractivity contribution in [3.8, 4) is 0 Å². The lowest BCUT2D eigenvalue weighted by Gasteiger charge is -2.12. The minimum absolute atomic E-state index is 0. The van der Waals surface area contributed by atoms with Gasteiger partial charge in [-0.2, -0.15) is 0 Å². The Hall–Kier alpha value is -0.450. The normalized spacial score (nSPS) is 17.8. The molecule has 1 atom stereocenters. The molecule has 1 aromatic heterocycles. The molecule has 1 aromatic rings. The molecule has 1 aliphatic rings. The van der Waals surface area contributed by atoms with E-state index < -0.39 is 0 Å². The van der Waals surface area contributed by atoms with E-state index in [-0.39, 0.29) is 24.0 Å². The standard InChI is InChI=1S/C15H26N4O2S.HI/c1-12-18-9-14(22-12)10-19-15(16-2)17-6-4-7-20-11-13-5-3-8-21-13;/h9,13H,3-8,10-11H2,1-2H3,(H2,16,17,19);1H. The maximum atomic E-state index is 5.63. The van der Waals surface area contributed by atoms with Gasteiger partial charge in [-0.05, 0) is 26.2 Å². The Balaban J connectivity index is 0.00000264. The summed E-state index contributed by atoms with van der Waals surface area (Å²) in [5, 5.41) is 7.66. The summed E-state index contributed by atoms with van der Waals surface area (Å²) in [5.74, 6) is 0.810. The van der Waals surface area contributed by atoms with E-state index in [9.17, 15) is 0 Å². The van der Waals surface area contributed by atoms with Gasteiger partial charge in [-0.1, -0.05) is 0 Å². The summed E-state index contributed by atoms with van der Waals surface area (Å²) in [6.07, 6.45) is 5.46. The third-order valence-corrected chi connectivity index (χ3v) is 4.32. The van der Waals surface area contributed by atoms with E-state index in [2.05, 4.69) is 20.6 Å². The van der Waals surface area contributed by atoms with Crippen LogP contribution in [0.4, 0.5) is 0 Å². The van der Waals surface area contributed by atoms with E-state index in [0.717, 1.165) is 63.1 Å². The maximum absolute atomic E-state index is 5.63. The highest BCUT2D eigenvalue weighted by atomic mass is 127. The summed E-state index contributed by atoms with van der Waals surface area (Å²) in [7, 11) is 1.78. The molecule has 23 heavy (non-hydrogen) atoms. The number of hydrogen-bond acceptors (Lipinski definition) is 5. The van der Waals surface area contributed by atoms with Crippen molar-refractivity contribution in [2.45, 2.75) is 38.8 Å². The topological polar surface area (TPSA) is 67.8 Å². The summed E-state index contributed by atoms with van der Waals surface area (Å²) >= 11 is 1.70. The van der Waals surface area contributed by atoms with Crippen LogP contribution in [0.3, 0.4) is 0 Å². The van der Waals surface area contributed by atoms with Gasteiger partial charge in [-0.25, -0.2) is 4.98 Å². The van der Waals surface area contributed by atoms with Crippen molar-refractivity contribution in [3.63, 3.8) is 0 Å². The zero-order valence-corrected chi connectivity index (χ0v) is 17.0. The Morgan fingerprint density at radius 3 is 3.04 bits per heavy atom. The van der Waals surface area contributed by atoms with E-state index in [1.165, 1.54) is 4.88 Å². The Kier molecular flexibility index (Phi) is 10.7. The first-order valence-corrected chi connectivity index (χ1v) is 8.64. The van der Waals surface area contributed by atoms with E-state index in [1.54, 1.807) is 18.4 Å². The Labute approximate surface area is 159 Å². The van der Waals surface area contributed by atoms with Crippen molar-refractivity contribution in [3.05, 3.63) is 16.1 Å².